The maximum atomic E-state index is 13.2. The summed E-state index contributed by atoms with van der Waals surface area (Å²) in [5.41, 5.74) is 3.01. The lowest BCUT2D eigenvalue weighted by atomic mass is 9.93. The number of aliphatic carboxylic acids is 1. The number of amides is 1. The minimum absolute atomic E-state index is 0.188. The Bertz CT molecular complexity index is 1850. The number of benzene rings is 4. The van der Waals surface area contributed by atoms with Gasteiger partial charge in [-0.1, -0.05) is 96.2 Å². The summed E-state index contributed by atoms with van der Waals surface area (Å²) in [6.07, 6.45) is -5.14. The van der Waals surface area contributed by atoms with Crippen LogP contribution in [-0.2, 0) is 21.1 Å². The van der Waals surface area contributed by atoms with Crippen molar-refractivity contribution in [3.8, 4) is 33.7 Å². The van der Waals surface area contributed by atoms with E-state index in [1.54, 1.807) is 24.3 Å². The summed E-state index contributed by atoms with van der Waals surface area (Å²) in [4.78, 5) is 24.7. The fourth-order valence-electron chi connectivity index (χ4n) is 5.27. The van der Waals surface area contributed by atoms with Crippen LogP contribution in [0.2, 0.25) is 0 Å². The number of hydrogen-bond donors (Lipinski definition) is 2. The van der Waals surface area contributed by atoms with Crippen molar-refractivity contribution in [3.63, 3.8) is 0 Å². The van der Waals surface area contributed by atoms with Crippen LogP contribution >= 0.6 is 0 Å². The average molecular weight is 613 g/mol. The molecule has 1 heterocycles. The Morgan fingerprint density at radius 3 is 2.09 bits per heavy atom. The van der Waals surface area contributed by atoms with Gasteiger partial charge in [0.15, 0.2) is 5.76 Å². The molecule has 0 aliphatic heterocycles. The van der Waals surface area contributed by atoms with Gasteiger partial charge in [0.2, 0.25) is 0 Å². The highest BCUT2D eigenvalue weighted by Crippen LogP contribution is 2.48. The van der Waals surface area contributed by atoms with Gasteiger partial charge >= 0.3 is 18.2 Å². The van der Waals surface area contributed by atoms with Crippen LogP contribution in [0.1, 0.15) is 42.6 Å². The molecule has 45 heavy (non-hydrogen) atoms. The Labute approximate surface area is 256 Å². The van der Waals surface area contributed by atoms with Gasteiger partial charge in [0, 0.05) is 11.1 Å². The van der Waals surface area contributed by atoms with Crippen molar-refractivity contribution in [3.05, 3.63) is 120 Å². The first-order chi connectivity index (χ1) is 21.5. The summed E-state index contributed by atoms with van der Waals surface area (Å²) < 4.78 is 50.8. The molecule has 10 heteroatoms. The molecule has 0 spiro atoms. The number of ether oxygens (including phenoxy) is 1. The standard InChI is InChI=1S/C35H27F3N2O5/c1-21(26-8-5-9-28(20-26)35(36,37)38)44-33(43)39-30-29(24-6-3-2-4-7-24)40-45-31(30)25-12-10-22(11-13-25)23-14-16-27(17-15-23)34(18-19-34)32(41)42/h2-17,20-21H,18-19H2,1H3,(H,39,43)(H,41,42)/t21-/m1/s1. The van der Waals surface area contributed by atoms with E-state index in [1.807, 2.05) is 54.6 Å². The molecule has 2 N–H and O–H groups in total. The van der Waals surface area contributed by atoms with E-state index in [1.165, 1.54) is 19.1 Å². The number of aromatic nitrogens is 1. The molecule has 0 unspecified atom stereocenters. The number of rotatable bonds is 8. The molecular weight excluding hydrogens is 585 g/mol. The lowest BCUT2D eigenvalue weighted by Crippen LogP contribution is -2.19. The fourth-order valence-corrected chi connectivity index (χ4v) is 5.27. The average Bonchev–Trinajstić information content (AvgIpc) is 3.76. The monoisotopic (exact) mass is 612 g/mol. The van der Waals surface area contributed by atoms with E-state index in [2.05, 4.69) is 10.5 Å². The van der Waals surface area contributed by atoms with Gasteiger partial charge in [-0.2, -0.15) is 13.2 Å². The first-order valence-corrected chi connectivity index (χ1v) is 14.2. The van der Waals surface area contributed by atoms with Gasteiger partial charge in [-0.25, -0.2) is 4.79 Å². The van der Waals surface area contributed by atoms with Crippen molar-refractivity contribution in [2.75, 3.05) is 5.32 Å². The Morgan fingerprint density at radius 1 is 0.867 bits per heavy atom. The number of nitrogens with one attached hydrogen (secondary N) is 1. The second kappa shape index (κ2) is 11.6. The number of nitrogens with zero attached hydrogens (tertiary/aromatic N) is 1. The Hall–Kier alpha value is -5.38. The normalized spacial score (nSPS) is 14.4. The second-order valence-corrected chi connectivity index (χ2v) is 10.9. The quantitative estimate of drug-likeness (QED) is 0.181. The van der Waals surface area contributed by atoms with Crippen molar-refractivity contribution in [2.24, 2.45) is 0 Å². The number of anilines is 1. The molecule has 1 fully saturated rings. The van der Waals surface area contributed by atoms with Crippen molar-refractivity contribution in [1.82, 2.24) is 5.16 Å². The van der Waals surface area contributed by atoms with Crippen molar-refractivity contribution in [2.45, 2.75) is 37.5 Å². The number of alkyl halides is 3. The van der Waals surface area contributed by atoms with Gasteiger partial charge in [-0.15, -0.1) is 0 Å². The van der Waals surface area contributed by atoms with E-state index >= 15 is 0 Å². The zero-order valence-corrected chi connectivity index (χ0v) is 24.0. The molecule has 1 aromatic heterocycles. The summed E-state index contributed by atoms with van der Waals surface area (Å²) in [5, 5.41) is 16.5. The third kappa shape index (κ3) is 6.04. The highest BCUT2D eigenvalue weighted by atomic mass is 19.4. The summed E-state index contributed by atoms with van der Waals surface area (Å²) in [5.74, 6) is -0.545. The Morgan fingerprint density at radius 2 is 1.49 bits per heavy atom. The molecule has 7 nitrogen and oxygen atoms in total. The molecule has 1 amide bonds. The van der Waals surface area contributed by atoms with Crippen molar-refractivity contribution in [1.29, 1.82) is 0 Å². The van der Waals surface area contributed by atoms with Crippen LogP contribution in [0.25, 0.3) is 33.7 Å². The van der Waals surface area contributed by atoms with E-state index in [0.717, 1.165) is 28.8 Å². The summed E-state index contributed by atoms with van der Waals surface area (Å²) in [7, 11) is 0. The molecule has 5 aromatic rings. The van der Waals surface area contributed by atoms with Gasteiger partial charge in [-0.05, 0) is 54.2 Å². The van der Waals surface area contributed by atoms with Gasteiger partial charge in [-0.3, -0.25) is 10.1 Å². The van der Waals surface area contributed by atoms with E-state index in [4.69, 9.17) is 9.26 Å². The maximum absolute atomic E-state index is 13.2. The minimum Gasteiger partial charge on any atom is -0.481 e. The molecule has 0 radical (unpaired) electrons. The smallest absolute Gasteiger partial charge is 0.416 e. The maximum Gasteiger partial charge on any atom is 0.416 e. The van der Waals surface area contributed by atoms with E-state index < -0.39 is 35.3 Å². The Balaban J connectivity index is 1.25. The first-order valence-electron chi connectivity index (χ1n) is 14.2. The van der Waals surface area contributed by atoms with Gasteiger partial charge in [0.05, 0.1) is 11.0 Å². The number of carboxylic acid groups (broad SMARTS) is 1. The lowest BCUT2D eigenvalue weighted by molar-refractivity contribution is -0.140. The number of carboxylic acids is 1. The molecule has 0 bridgehead atoms. The number of carbonyl (C=O) groups is 2. The molecule has 4 aromatic carbocycles. The minimum atomic E-state index is -4.53. The molecule has 1 aliphatic rings. The first kappa shape index (κ1) is 29.7. The summed E-state index contributed by atoms with van der Waals surface area (Å²) >= 11 is 0. The van der Waals surface area contributed by atoms with Crippen molar-refractivity contribution >= 4 is 17.7 Å². The van der Waals surface area contributed by atoms with Crippen molar-refractivity contribution < 1.29 is 37.1 Å². The third-order valence-electron chi connectivity index (χ3n) is 8.01. The highest BCUT2D eigenvalue weighted by Gasteiger charge is 2.51. The molecule has 228 valence electrons. The molecule has 1 aliphatic carbocycles. The number of hydrogen-bond acceptors (Lipinski definition) is 5. The zero-order chi connectivity index (χ0) is 31.8. The molecule has 6 rings (SSSR count). The molecule has 0 saturated heterocycles. The zero-order valence-electron chi connectivity index (χ0n) is 24.0. The fraction of sp³-hybridized carbons (Fsp3) is 0.171. The van der Waals surface area contributed by atoms with Gasteiger partial charge in [0.25, 0.3) is 0 Å². The van der Waals surface area contributed by atoms with E-state index in [-0.39, 0.29) is 17.0 Å². The third-order valence-corrected chi connectivity index (χ3v) is 8.01. The molecule has 1 saturated carbocycles. The predicted molar refractivity (Wildman–Crippen MR) is 161 cm³/mol. The van der Waals surface area contributed by atoms with Crippen LogP contribution in [0.5, 0.6) is 0 Å². The van der Waals surface area contributed by atoms with Crippen LogP contribution in [0.3, 0.4) is 0 Å². The Kier molecular flexibility index (Phi) is 7.66. The number of carbonyl (C=O) groups excluding carboxylic acids is 1. The van der Waals surface area contributed by atoms with Crippen LogP contribution < -0.4 is 5.32 Å². The number of halogens is 3. The molecular formula is C35H27F3N2O5. The van der Waals surface area contributed by atoms with Crippen LogP contribution in [0, 0.1) is 0 Å². The second-order valence-electron chi connectivity index (χ2n) is 10.9. The van der Waals surface area contributed by atoms with E-state index in [9.17, 15) is 27.9 Å². The van der Waals surface area contributed by atoms with Crippen LogP contribution in [0.4, 0.5) is 23.7 Å². The van der Waals surface area contributed by atoms with Crippen LogP contribution in [0.15, 0.2) is 108 Å². The summed E-state index contributed by atoms with van der Waals surface area (Å²) in [6, 6.07) is 28.5. The highest BCUT2D eigenvalue weighted by molar-refractivity contribution is 5.96. The van der Waals surface area contributed by atoms with E-state index in [0.29, 0.717) is 29.7 Å². The topological polar surface area (TPSA) is 102 Å². The van der Waals surface area contributed by atoms with Crippen LogP contribution in [-0.4, -0.2) is 22.3 Å². The van der Waals surface area contributed by atoms with Gasteiger partial charge < -0.3 is 14.4 Å². The summed E-state index contributed by atoms with van der Waals surface area (Å²) in [6.45, 7) is 1.49. The largest absolute Gasteiger partial charge is 0.481 e. The predicted octanol–water partition coefficient (Wildman–Crippen LogP) is 9.12. The lowest BCUT2D eigenvalue weighted by Gasteiger charge is -2.16. The molecule has 1 atom stereocenters. The van der Waals surface area contributed by atoms with Gasteiger partial charge in [0.1, 0.15) is 17.5 Å². The SMILES string of the molecule is C[C@@H](OC(=O)Nc1c(-c2ccccc2)noc1-c1ccc(-c2ccc(C3(C(=O)O)CC3)cc2)cc1)c1cccc(C(F)(F)F)c1.